The van der Waals surface area contributed by atoms with E-state index in [2.05, 4.69) is 15.8 Å². The minimum atomic E-state index is 0.429. The Bertz CT molecular complexity index is 624. The Morgan fingerprint density at radius 2 is 1.71 bits per heavy atom. The quantitative estimate of drug-likeness (QED) is 0.503. The zero-order valence-electron chi connectivity index (χ0n) is 11.0. The van der Waals surface area contributed by atoms with Crippen molar-refractivity contribution in [3.05, 3.63) is 69.7 Å². The maximum absolute atomic E-state index is 6.03. The summed E-state index contributed by atoms with van der Waals surface area (Å²) >= 11 is 17.2. The lowest BCUT2D eigenvalue weighted by Crippen LogP contribution is -2.31. The zero-order valence-corrected chi connectivity index (χ0v) is 13.3. The number of nitrogens with zero attached hydrogens (tertiary/aromatic N) is 1. The monoisotopic (exact) mass is 337 g/mol. The molecule has 0 saturated heterocycles. The molecular formula is C15H13Cl2N3S. The fraction of sp³-hybridized carbons (Fsp3) is 0.0667. The van der Waals surface area contributed by atoms with Gasteiger partial charge in [0.1, 0.15) is 0 Å². The van der Waals surface area contributed by atoms with Gasteiger partial charge in [-0.2, -0.15) is 5.10 Å². The van der Waals surface area contributed by atoms with Gasteiger partial charge in [0.2, 0.25) is 0 Å². The average molecular weight is 338 g/mol. The lowest BCUT2D eigenvalue weighted by molar-refractivity contribution is 0.869. The number of rotatable bonds is 4. The largest absolute Gasteiger partial charge is 0.357 e. The molecule has 21 heavy (non-hydrogen) atoms. The van der Waals surface area contributed by atoms with Crippen LogP contribution in [0.5, 0.6) is 0 Å². The lowest BCUT2D eigenvalue weighted by Gasteiger charge is -2.07. The van der Waals surface area contributed by atoms with Gasteiger partial charge in [-0.05, 0) is 29.9 Å². The van der Waals surface area contributed by atoms with Crippen molar-refractivity contribution in [2.24, 2.45) is 5.10 Å². The molecule has 0 aliphatic heterocycles. The van der Waals surface area contributed by atoms with E-state index in [4.69, 9.17) is 35.4 Å². The van der Waals surface area contributed by atoms with Crippen molar-refractivity contribution in [3.63, 3.8) is 0 Å². The molecule has 2 aromatic rings. The summed E-state index contributed by atoms with van der Waals surface area (Å²) in [5.41, 5.74) is 4.52. The van der Waals surface area contributed by atoms with Gasteiger partial charge in [0, 0.05) is 12.1 Å². The summed E-state index contributed by atoms with van der Waals surface area (Å²) in [5.74, 6) is 0. The Morgan fingerprint density at radius 1 is 1.05 bits per heavy atom. The van der Waals surface area contributed by atoms with E-state index >= 15 is 0 Å². The number of nitrogens with one attached hydrogen (secondary N) is 2. The minimum absolute atomic E-state index is 0.429. The predicted molar refractivity (Wildman–Crippen MR) is 93.1 cm³/mol. The van der Waals surface area contributed by atoms with Gasteiger partial charge in [-0.3, -0.25) is 5.43 Å². The summed E-state index contributed by atoms with van der Waals surface area (Å²) in [4.78, 5) is 0. The Labute approximate surface area is 139 Å². The molecule has 3 nitrogen and oxygen atoms in total. The second kappa shape index (κ2) is 7.98. The van der Waals surface area contributed by atoms with Crippen LogP contribution in [0, 0.1) is 0 Å². The van der Waals surface area contributed by atoms with Crippen molar-refractivity contribution in [2.45, 2.75) is 6.54 Å². The van der Waals surface area contributed by atoms with Gasteiger partial charge < -0.3 is 5.32 Å². The number of thiocarbonyl (C=S) groups is 1. The highest BCUT2D eigenvalue weighted by molar-refractivity contribution is 7.80. The van der Waals surface area contributed by atoms with Gasteiger partial charge in [-0.1, -0.05) is 59.6 Å². The molecule has 0 aliphatic rings. The molecule has 0 fully saturated rings. The van der Waals surface area contributed by atoms with Crippen LogP contribution < -0.4 is 10.7 Å². The predicted octanol–water partition coefficient (Wildman–Crippen LogP) is 3.99. The molecule has 6 heteroatoms. The van der Waals surface area contributed by atoms with E-state index in [1.165, 1.54) is 0 Å². The second-order valence-electron chi connectivity index (χ2n) is 4.17. The Balaban J connectivity index is 1.85. The molecule has 0 atom stereocenters. The zero-order chi connectivity index (χ0) is 15.1. The van der Waals surface area contributed by atoms with E-state index in [1.54, 1.807) is 24.4 Å². The van der Waals surface area contributed by atoms with E-state index in [9.17, 15) is 0 Å². The summed E-state index contributed by atoms with van der Waals surface area (Å²) in [6.45, 7) is 0.634. The number of hydrogen-bond donors (Lipinski definition) is 2. The number of benzene rings is 2. The Morgan fingerprint density at radius 3 is 2.38 bits per heavy atom. The molecule has 0 saturated carbocycles. The normalized spacial score (nSPS) is 10.6. The smallest absolute Gasteiger partial charge is 0.187 e. The summed E-state index contributed by atoms with van der Waals surface area (Å²) in [5, 5.41) is 8.59. The highest BCUT2D eigenvalue weighted by Gasteiger charge is 2.02. The van der Waals surface area contributed by atoms with Crippen molar-refractivity contribution < 1.29 is 0 Å². The lowest BCUT2D eigenvalue weighted by atomic mass is 10.2. The number of hydrazone groups is 1. The average Bonchev–Trinajstić information content (AvgIpc) is 2.49. The molecule has 0 aromatic heterocycles. The summed E-state index contributed by atoms with van der Waals surface area (Å²) in [7, 11) is 0. The third kappa shape index (κ3) is 5.01. The van der Waals surface area contributed by atoms with Crippen LogP contribution in [0.3, 0.4) is 0 Å². The molecular weight excluding hydrogens is 325 g/mol. The maximum atomic E-state index is 6.03. The molecule has 0 heterocycles. The second-order valence-corrected chi connectivity index (χ2v) is 5.40. The van der Waals surface area contributed by atoms with Crippen molar-refractivity contribution >= 4 is 46.7 Å². The van der Waals surface area contributed by atoms with Crippen molar-refractivity contribution in [1.29, 1.82) is 0 Å². The third-order valence-electron chi connectivity index (χ3n) is 2.66. The molecule has 0 unspecified atom stereocenters. The van der Waals surface area contributed by atoms with Gasteiger partial charge in [-0.15, -0.1) is 0 Å². The first-order valence-electron chi connectivity index (χ1n) is 6.21. The highest BCUT2D eigenvalue weighted by Crippen LogP contribution is 2.21. The van der Waals surface area contributed by atoms with E-state index in [-0.39, 0.29) is 0 Å². The van der Waals surface area contributed by atoms with Gasteiger partial charge in [0.05, 0.1) is 16.3 Å². The van der Waals surface area contributed by atoms with E-state index in [0.29, 0.717) is 27.3 Å². The van der Waals surface area contributed by atoms with Crippen molar-refractivity contribution in [1.82, 2.24) is 10.7 Å². The van der Waals surface area contributed by atoms with E-state index in [0.717, 1.165) is 5.56 Å². The van der Waals surface area contributed by atoms with Gasteiger partial charge in [0.15, 0.2) is 5.11 Å². The van der Waals surface area contributed by atoms with Crippen LogP contribution in [0.4, 0.5) is 0 Å². The minimum Gasteiger partial charge on any atom is -0.357 e. The van der Waals surface area contributed by atoms with Crippen LogP contribution >= 0.6 is 35.4 Å². The van der Waals surface area contributed by atoms with Crippen LogP contribution in [-0.2, 0) is 6.54 Å². The SMILES string of the molecule is S=C(NCc1ccccc1)N/N=C\c1c(Cl)cccc1Cl. The molecule has 0 spiro atoms. The Kier molecular flexibility index (Phi) is 5.99. The standard InChI is InChI=1S/C15H13Cl2N3S/c16-13-7-4-8-14(17)12(13)10-19-20-15(21)18-9-11-5-2-1-3-6-11/h1-8,10H,9H2,(H2,18,20,21)/b19-10-. The van der Waals surface area contributed by atoms with Crippen LogP contribution in [0.2, 0.25) is 10.0 Å². The highest BCUT2D eigenvalue weighted by atomic mass is 35.5. The fourth-order valence-corrected chi connectivity index (χ4v) is 2.23. The number of halogens is 2. The molecule has 2 rings (SSSR count). The first kappa shape index (κ1) is 15.8. The topological polar surface area (TPSA) is 36.4 Å². The summed E-state index contributed by atoms with van der Waals surface area (Å²) in [6.07, 6.45) is 1.54. The van der Waals surface area contributed by atoms with E-state index < -0.39 is 0 Å². The first-order chi connectivity index (χ1) is 10.2. The number of hydrogen-bond acceptors (Lipinski definition) is 2. The van der Waals surface area contributed by atoms with Gasteiger partial charge in [0.25, 0.3) is 0 Å². The molecule has 108 valence electrons. The maximum Gasteiger partial charge on any atom is 0.187 e. The third-order valence-corrected chi connectivity index (χ3v) is 3.55. The molecule has 0 radical (unpaired) electrons. The van der Waals surface area contributed by atoms with Crippen LogP contribution in [0.1, 0.15) is 11.1 Å². The van der Waals surface area contributed by atoms with Crippen molar-refractivity contribution in [3.8, 4) is 0 Å². The van der Waals surface area contributed by atoms with E-state index in [1.807, 2.05) is 30.3 Å². The van der Waals surface area contributed by atoms with Gasteiger partial charge in [-0.25, -0.2) is 0 Å². The molecule has 0 bridgehead atoms. The molecule has 0 aliphatic carbocycles. The van der Waals surface area contributed by atoms with Crippen LogP contribution in [0.25, 0.3) is 0 Å². The van der Waals surface area contributed by atoms with Crippen molar-refractivity contribution in [2.75, 3.05) is 0 Å². The summed E-state index contributed by atoms with van der Waals surface area (Å²) < 4.78 is 0. The van der Waals surface area contributed by atoms with Gasteiger partial charge >= 0.3 is 0 Å². The Hall–Kier alpha value is -1.62. The fourth-order valence-electron chi connectivity index (χ4n) is 1.61. The molecule has 0 amide bonds. The summed E-state index contributed by atoms with van der Waals surface area (Å²) in [6, 6.07) is 15.2. The molecule has 2 aromatic carbocycles. The molecule has 2 N–H and O–H groups in total. The van der Waals surface area contributed by atoms with Crippen LogP contribution in [-0.4, -0.2) is 11.3 Å². The van der Waals surface area contributed by atoms with Crippen LogP contribution in [0.15, 0.2) is 53.6 Å². The first-order valence-corrected chi connectivity index (χ1v) is 7.38.